The number of aldehydes is 1. The second kappa shape index (κ2) is 8.39. The molecule has 2 aromatic carbocycles. The number of carbonyl (C=O) groups excluding carboxylic acids is 1. The quantitative estimate of drug-likeness (QED) is 0.479. The standard InChI is InChI=1S/C23H23F2N3O/c1-4-22-16(9-10-29)19(13-28(2)3)17-12-21(26)20(25)11-18(17)23(27-22)14-5-7-15(24)8-6-14/h5-13,22H,4,26H2,1-3H3/b16-9+,19-13+/t22-/m0/s1. The average Bonchev–Trinajstić information content (AvgIpc) is 2.79. The van der Waals surface area contributed by atoms with Gasteiger partial charge in [0.2, 0.25) is 0 Å². The first-order chi connectivity index (χ1) is 13.8. The highest BCUT2D eigenvalue weighted by molar-refractivity contribution is 6.17. The molecule has 0 aromatic heterocycles. The van der Waals surface area contributed by atoms with Gasteiger partial charge in [0.15, 0.2) is 0 Å². The maximum absolute atomic E-state index is 14.5. The number of nitrogens with zero attached hydrogens (tertiary/aromatic N) is 2. The molecule has 0 spiro atoms. The van der Waals surface area contributed by atoms with Crippen LogP contribution in [0.25, 0.3) is 5.57 Å². The highest BCUT2D eigenvalue weighted by atomic mass is 19.1. The largest absolute Gasteiger partial charge is 0.396 e. The lowest BCUT2D eigenvalue weighted by Crippen LogP contribution is -2.12. The number of benzene rings is 2. The van der Waals surface area contributed by atoms with Crippen molar-refractivity contribution in [3.05, 3.63) is 82.6 Å². The maximum Gasteiger partial charge on any atom is 0.146 e. The van der Waals surface area contributed by atoms with E-state index in [9.17, 15) is 13.6 Å². The molecule has 0 bridgehead atoms. The Morgan fingerprint density at radius 3 is 2.41 bits per heavy atom. The molecule has 2 N–H and O–H groups in total. The van der Waals surface area contributed by atoms with Gasteiger partial charge in [-0.1, -0.05) is 6.92 Å². The Morgan fingerprint density at radius 1 is 1.14 bits per heavy atom. The molecule has 150 valence electrons. The van der Waals surface area contributed by atoms with Crippen LogP contribution in [0.5, 0.6) is 0 Å². The first-order valence-corrected chi connectivity index (χ1v) is 9.33. The van der Waals surface area contributed by atoms with Crippen molar-refractivity contribution in [1.29, 1.82) is 0 Å². The molecular formula is C23H23F2N3O. The van der Waals surface area contributed by atoms with Gasteiger partial charge in [-0.15, -0.1) is 0 Å². The average molecular weight is 395 g/mol. The number of rotatable bonds is 4. The Labute approximate surface area is 169 Å². The Kier molecular flexibility index (Phi) is 5.92. The molecule has 2 aromatic rings. The molecule has 0 unspecified atom stereocenters. The van der Waals surface area contributed by atoms with Crippen molar-refractivity contribution < 1.29 is 13.6 Å². The Morgan fingerprint density at radius 2 is 1.83 bits per heavy atom. The SMILES string of the molecule is CC[C@@H]1N=C(c2ccc(F)cc2)c2cc(F)c(N)cc2C(=C/N(C)C)/C1=C\C=O. The summed E-state index contributed by atoms with van der Waals surface area (Å²) >= 11 is 0. The van der Waals surface area contributed by atoms with E-state index in [1.165, 1.54) is 24.3 Å². The first kappa shape index (κ1) is 20.5. The molecule has 4 nitrogen and oxygen atoms in total. The Hall–Kier alpha value is -3.28. The van der Waals surface area contributed by atoms with Gasteiger partial charge < -0.3 is 10.6 Å². The molecule has 0 saturated carbocycles. The second-order valence-corrected chi connectivity index (χ2v) is 7.09. The van der Waals surface area contributed by atoms with Crippen LogP contribution in [0.1, 0.15) is 30.0 Å². The van der Waals surface area contributed by atoms with Crippen LogP contribution in [0.4, 0.5) is 14.5 Å². The van der Waals surface area contributed by atoms with Crippen molar-refractivity contribution in [2.75, 3.05) is 19.8 Å². The predicted molar refractivity (Wildman–Crippen MR) is 113 cm³/mol. The van der Waals surface area contributed by atoms with E-state index in [-0.39, 0.29) is 17.5 Å². The molecular weight excluding hydrogens is 372 g/mol. The Bertz CT molecular complexity index is 1020. The molecule has 3 rings (SSSR count). The first-order valence-electron chi connectivity index (χ1n) is 9.33. The van der Waals surface area contributed by atoms with Gasteiger partial charge in [-0.25, -0.2) is 8.78 Å². The highest BCUT2D eigenvalue weighted by Gasteiger charge is 2.27. The van der Waals surface area contributed by atoms with Gasteiger partial charge >= 0.3 is 0 Å². The summed E-state index contributed by atoms with van der Waals surface area (Å²) in [6.07, 6.45) is 4.72. The predicted octanol–water partition coefficient (Wildman–Crippen LogP) is 4.20. The van der Waals surface area contributed by atoms with E-state index in [1.807, 2.05) is 32.1 Å². The lowest BCUT2D eigenvalue weighted by Gasteiger charge is -2.19. The van der Waals surface area contributed by atoms with E-state index in [4.69, 9.17) is 10.7 Å². The van der Waals surface area contributed by atoms with E-state index in [1.54, 1.807) is 18.2 Å². The van der Waals surface area contributed by atoms with E-state index < -0.39 is 5.82 Å². The van der Waals surface area contributed by atoms with E-state index in [2.05, 4.69) is 0 Å². The number of hydrogen-bond donors (Lipinski definition) is 1. The zero-order valence-electron chi connectivity index (χ0n) is 16.6. The molecule has 1 aliphatic rings. The molecule has 0 saturated heterocycles. The van der Waals surface area contributed by atoms with Crippen LogP contribution in [-0.2, 0) is 4.79 Å². The summed E-state index contributed by atoms with van der Waals surface area (Å²) in [5, 5.41) is 0. The molecule has 1 heterocycles. The number of allylic oxidation sites excluding steroid dienone is 1. The monoisotopic (exact) mass is 395 g/mol. The van der Waals surface area contributed by atoms with Crippen molar-refractivity contribution in [2.45, 2.75) is 19.4 Å². The number of nitrogen functional groups attached to an aromatic ring is 1. The molecule has 1 atom stereocenters. The van der Waals surface area contributed by atoms with Gasteiger partial charge in [0, 0.05) is 37.0 Å². The molecule has 29 heavy (non-hydrogen) atoms. The lowest BCUT2D eigenvalue weighted by molar-refractivity contribution is -0.104. The van der Waals surface area contributed by atoms with Crippen molar-refractivity contribution >= 4 is 23.3 Å². The summed E-state index contributed by atoms with van der Waals surface area (Å²) in [4.78, 5) is 18.1. The van der Waals surface area contributed by atoms with Gasteiger partial charge in [0.25, 0.3) is 0 Å². The minimum Gasteiger partial charge on any atom is -0.396 e. The van der Waals surface area contributed by atoms with Crippen LogP contribution in [0.3, 0.4) is 0 Å². The Balaban J connectivity index is 2.40. The molecule has 0 amide bonds. The fourth-order valence-electron chi connectivity index (χ4n) is 3.46. The van der Waals surface area contributed by atoms with Crippen molar-refractivity contribution in [3.63, 3.8) is 0 Å². The number of hydrogen-bond acceptors (Lipinski definition) is 4. The molecule has 1 aliphatic heterocycles. The number of anilines is 1. The molecule has 0 fully saturated rings. The molecule has 6 heteroatoms. The van der Waals surface area contributed by atoms with E-state index >= 15 is 0 Å². The van der Waals surface area contributed by atoms with Gasteiger partial charge in [0.1, 0.15) is 17.9 Å². The zero-order valence-corrected chi connectivity index (χ0v) is 16.6. The highest BCUT2D eigenvalue weighted by Crippen LogP contribution is 2.37. The summed E-state index contributed by atoms with van der Waals surface area (Å²) in [6, 6.07) is 8.50. The van der Waals surface area contributed by atoms with Crippen LogP contribution in [0.2, 0.25) is 0 Å². The van der Waals surface area contributed by atoms with Crippen LogP contribution in [0, 0.1) is 11.6 Å². The third-order valence-corrected chi connectivity index (χ3v) is 4.78. The van der Waals surface area contributed by atoms with Gasteiger partial charge in [0.05, 0.1) is 17.4 Å². The van der Waals surface area contributed by atoms with Crippen molar-refractivity contribution in [1.82, 2.24) is 4.90 Å². The number of aliphatic imine (C=N–C) groups is 1. The van der Waals surface area contributed by atoms with E-state index in [0.29, 0.717) is 28.8 Å². The lowest BCUT2D eigenvalue weighted by atomic mass is 9.88. The number of carbonyl (C=O) groups is 1. The van der Waals surface area contributed by atoms with Crippen LogP contribution >= 0.6 is 0 Å². The van der Waals surface area contributed by atoms with Crippen LogP contribution in [0.15, 0.2) is 59.2 Å². The van der Waals surface area contributed by atoms with Crippen molar-refractivity contribution in [2.24, 2.45) is 4.99 Å². The van der Waals surface area contributed by atoms with Crippen molar-refractivity contribution in [3.8, 4) is 0 Å². The topological polar surface area (TPSA) is 58.7 Å². The van der Waals surface area contributed by atoms with Gasteiger partial charge in [-0.05, 0) is 60.0 Å². The summed E-state index contributed by atoms with van der Waals surface area (Å²) < 4.78 is 27.9. The summed E-state index contributed by atoms with van der Waals surface area (Å²) in [5.41, 5.74) is 9.77. The summed E-state index contributed by atoms with van der Waals surface area (Å²) in [5.74, 6) is -0.924. The zero-order chi connectivity index (χ0) is 21.1. The minimum atomic E-state index is -0.557. The minimum absolute atomic E-state index is 0.00673. The fourth-order valence-corrected chi connectivity index (χ4v) is 3.46. The van der Waals surface area contributed by atoms with Gasteiger partial charge in [-0.3, -0.25) is 9.79 Å². The van der Waals surface area contributed by atoms with E-state index in [0.717, 1.165) is 17.4 Å². The smallest absolute Gasteiger partial charge is 0.146 e. The third-order valence-electron chi connectivity index (χ3n) is 4.78. The normalized spacial score (nSPS) is 18.9. The van der Waals surface area contributed by atoms with Crippen LogP contribution in [-0.4, -0.2) is 37.0 Å². The number of fused-ring (bicyclic) bond motifs is 1. The third kappa shape index (κ3) is 4.11. The number of nitrogens with two attached hydrogens (primary N) is 1. The maximum atomic E-state index is 14.5. The summed E-state index contributed by atoms with van der Waals surface area (Å²) in [6.45, 7) is 1.97. The fraction of sp³-hybridized carbons (Fsp3) is 0.217. The van der Waals surface area contributed by atoms with Crippen LogP contribution < -0.4 is 5.73 Å². The molecule has 0 radical (unpaired) electrons. The summed E-state index contributed by atoms with van der Waals surface area (Å²) in [7, 11) is 3.73. The molecule has 0 aliphatic carbocycles. The second-order valence-electron chi connectivity index (χ2n) is 7.09. The van der Waals surface area contributed by atoms with Gasteiger partial charge in [-0.2, -0.15) is 0 Å². The number of halogens is 2.